The number of rotatable bonds is 8. The van der Waals surface area contributed by atoms with Gasteiger partial charge in [0.1, 0.15) is 24.7 Å². The summed E-state index contributed by atoms with van der Waals surface area (Å²) in [5.41, 5.74) is 3.13. The summed E-state index contributed by atoms with van der Waals surface area (Å²) >= 11 is 0.898. The fourth-order valence-corrected chi connectivity index (χ4v) is 4.22. The minimum Gasteiger partial charge on any atom is -0.492 e. The molecule has 0 saturated carbocycles. The van der Waals surface area contributed by atoms with Gasteiger partial charge in [0.2, 0.25) is 0 Å². The van der Waals surface area contributed by atoms with Crippen molar-refractivity contribution in [3.8, 4) is 17.6 Å². The van der Waals surface area contributed by atoms with E-state index in [0.717, 1.165) is 22.9 Å². The number of nitriles is 1. The number of hydrogen-bond donors (Lipinski definition) is 0. The second kappa shape index (κ2) is 10.7. The highest BCUT2D eigenvalue weighted by Crippen LogP contribution is 2.34. The summed E-state index contributed by atoms with van der Waals surface area (Å²) in [5, 5.41) is 8.95. The van der Waals surface area contributed by atoms with Crippen LogP contribution in [0.2, 0.25) is 0 Å². The van der Waals surface area contributed by atoms with Crippen LogP contribution in [0.25, 0.3) is 6.08 Å². The van der Waals surface area contributed by atoms with Crippen molar-refractivity contribution >= 4 is 29.0 Å². The molecule has 1 saturated heterocycles. The Kier molecular flexibility index (Phi) is 7.31. The van der Waals surface area contributed by atoms with Gasteiger partial charge in [-0.15, -0.1) is 0 Å². The molecular formula is C27H22N2O4S. The van der Waals surface area contributed by atoms with Gasteiger partial charge in [0, 0.05) is 11.1 Å². The van der Waals surface area contributed by atoms with E-state index in [2.05, 4.69) is 6.07 Å². The van der Waals surface area contributed by atoms with Gasteiger partial charge in [0.15, 0.2) is 0 Å². The van der Waals surface area contributed by atoms with Crippen LogP contribution in [0.15, 0.2) is 77.7 Å². The number of carbonyl (C=O) groups is 2. The minimum absolute atomic E-state index is 0.166. The lowest BCUT2D eigenvalue weighted by Crippen LogP contribution is -2.32. The highest BCUT2D eigenvalue weighted by Gasteiger charge is 2.35. The van der Waals surface area contributed by atoms with E-state index in [1.807, 2.05) is 61.5 Å². The number of para-hydroxylation sites is 1. The molecule has 0 bridgehead atoms. The number of aryl methyl sites for hydroxylation is 1. The SMILES string of the molecule is Cc1ccc(OCCN2C(=O)S/C(=C\c3ccccc3OCc3ccccc3C#N)C2=O)cc1. The summed E-state index contributed by atoms with van der Waals surface area (Å²) in [7, 11) is 0. The number of nitrogens with zero attached hydrogens (tertiary/aromatic N) is 2. The zero-order chi connectivity index (χ0) is 23.9. The van der Waals surface area contributed by atoms with E-state index in [9.17, 15) is 14.9 Å². The minimum atomic E-state index is -0.355. The third kappa shape index (κ3) is 5.48. The van der Waals surface area contributed by atoms with Crippen LogP contribution in [0.1, 0.15) is 22.3 Å². The Morgan fingerprint density at radius 3 is 2.50 bits per heavy atom. The van der Waals surface area contributed by atoms with Gasteiger partial charge in [-0.2, -0.15) is 5.26 Å². The van der Waals surface area contributed by atoms with Crippen molar-refractivity contribution in [2.45, 2.75) is 13.5 Å². The van der Waals surface area contributed by atoms with Crippen molar-refractivity contribution in [2.24, 2.45) is 0 Å². The Labute approximate surface area is 202 Å². The average molecular weight is 471 g/mol. The predicted molar refractivity (Wildman–Crippen MR) is 131 cm³/mol. The van der Waals surface area contributed by atoms with Crippen LogP contribution in [0.5, 0.6) is 11.5 Å². The van der Waals surface area contributed by atoms with E-state index >= 15 is 0 Å². The van der Waals surface area contributed by atoms with Crippen molar-refractivity contribution < 1.29 is 19.1 Å². The first kappa shape index (κ1) is 23.1. The molecule has 0 unspecified atom stereocenters. The summed E-state index contributed by atoms with van der Waals surface area (Å²) in [5.74, 6) is 0.897. The first-order valence-electron chi connectivity index (χ1n) is 10.7. The molecule has 2 amide bonds. The molecule has 3 aromatic rings. The molecule has 4 rings (SSSR count). The van der Waals surface area contributed by atoms with Gasteiger partial charge in [0.05, 0.1) is 23.1 Å². The molecule has 0 atom stereocenters. The molecular weight excluding hydrogens is 448 g/mol. The standard InChI is InChI=1S/C27H22N2O4S/c1-19-10-12-23(13-11-19)32-15-14-29-26(30)25(34-27(29)31)16-20-6-4-5-9-24(20)33-18-22-8-3-2-7-21(22)17-28/h2-13,16H,14-15,18H2,1H3/b25-16-. The summed E-state index contributed by atoms with van der Waals surface area (Å²) < 4.78 is 11.6. The average Bonchev–Trinajstić information content (AvgIpc) is 3.12. The summed E-state index contributed by atoms with van der Waals surface area (Å²) in [6, 6.07) is 24.3. The third-order valence-corrected chi connectivity index (χ3v) is 6.11. The van der Waals surface area contributed by atoms with Gasteiger partial charge in [0.25, 0.3) is 11.1 Å². The molecule has 0 radical (unpaired) electrons. The Morgan fingerprint density at radius 2 is 1.71 bits per heavy atom. The van der Waals surface area contributed by atoms with Crippen molar-refractivity contribution in [1.29, 1.82) is 5.26 Å². The Bertz CT molecular complexity index is 1280. The van der Waals surface area contributed by atoms with Crippen molar-refractivity contribution in [2.75, 3.05) is 13.2 Å². The van der Waals surface area contributed by atoms with E-state index in [1.165, 1.54) is 4.90 Å². The fourth-order valence-electron chi connectivity index (χ4n) is 3.37. The van der Waals surface area contributed by atoms with Gasteiger partial charge in [-0.1, -0.05) is 54.1 Å². The third-order valence-electron chi connectivity index (χ3n) is 5.20. The number of carbonyl (C=O) groups excluding carboxylic acids is 2. The molecule has 1 fully saturated rings. The topological polar surface area (TPSA) is 79.6 Å². The molecule has 6 nitrogen and oxygen atoms in total. The first-order chi connectivity index (χ1) is 16.5. The Balaban J connectivity index is 1.42. The fraction of sp³-hybridized carbons (Fsp3) is 0.148. The number of benzene rings is 3. The van der Waals surface area contributed by atoms with Crippen molar-refractivity contribution in [3.05, 3.63) is 100.0 Å². The quantitative estimate of drug-likeness (QED) is 0.401. The second-order valence-electron chi connectivity index (χ2n) is 7.59. The van der Waals surface area contributed by atoms with Gasteiger partial charge in [-0.05, 0) is 49.0 Å². The number of amides is 2. The van der Waals surface area contributed by atoms with Crippen molar-refractivity contribution in [1.82, 2.24) is 4.90 Å². The van der Waals surface area contributed by atoms with Crippen molar-refractivity contribution in [3.63, 3.8) is 0 Å². The summed E-state index contributed by atoms with van der Waals surface area (Å²) in [6.07, 6.45) is 1.66. The van der Waals surface area contributed by atoms with Gasteiger partial charge in [-0.3, -0.25) is 14.5 Å². The molecule has 3 aromatic carbocycles. The molecule has 1 heterocycles. The molecule has 1 aliphatic heterocycles. The maximum Gasteiger partial charge on any atom is 0.293 e. The predicted octanol–water partition coefficient (Wildman–Crippen LogP) is 5.56. The molecule has 1 aliphatic rings. The van der Waals surface area contributed by atoms with E-state index in [0.29, 0.717) is 27.5 Å². The maximum absolute atomic E-state index is 12.9. The molecule has 7 heteroatoms. The summed E-state index contributed by atoms with van der Waals surface area (Å²) in [4.78, 5) is 26.8. The van der Waals surface area contributed by atoms with Crippen LogP contribution in [0, 0.1) is 18.3 Å². The van der Waals surface area contributed by atoms with E-state index < -0.39 is 0 Å². The lowest BCUT2D eigenvalue weighted by molar-refractivity contribution is -0.123. The molecule has 170 valence electrons. The van der Waals surface area contributed by atoms with Crippen LogP contribution >= 0.6 is 11.8 Å². The highest BCUT2D eigenvalue weighted by molar-refractivity contribution is 8.18. The summed E-state index contributed by atoms with van der Waals surface area (Å²) in [6.45, 7) is 2.59. The van der Waals surface area contributed by atoms with Gasteiger partial charge >= 0.3 is 0 Å². The number of thioether (sulfide) groups is 1. The van der Waals surface area contributed by atoms with Crippen LogP contribution in [0.4, 0.5) is 4.79 Å². The molecule has 0 spiro atoms. The maximum atomic E-state index is 12.9. The van der Waals surface area contributed by atoms with Gasteiger partial charge in [-0.25, -0.2) is 0 Å². The normalized spacial score (nSPS) is 14.4. The number of ether oxygens (including phenoxy) is 2. The van der Waals surface area contributed by atoms with Crippen LogP contribution in [-0.2, 0) is 11.4 Å². The highest BCUT2D eigenvalue weighted by atomic mass is 32.2. The lowest BCUT2D eigenvalue weighted by atomic mass is 10.1. The largest absolute Gasteiger partial charge is 0.492 e. The molecule has 0 aliphatic carbocycles. The van der Waals surface area contributed by atoms with E-state index in [1.54, 1.807) is 24.3 Å². The van der Waals surface area contributed by atoms with E-state index in [-0.39, 0.29) is 30.9 Å². The lowest BCUT2D eigenvalue weighted by Gasteiger charge is -2.13. The zero-order valence-electron chi connectivity index (χ0n) is 18.6. The number of hydrogen-bond acceptors (Lipinski definition) is 6. The smallest absolute Gasteiger partial charge is 0.293 e. The van der Waals surface area contributed by atoms with Crippen LogP contribution in [-0.4, -0.2) is 29.2 Å². The Morgan fingerprint density at radius 1 is 0.971 bits per heavy atom. The zero-order valence-corrected chi connectivity index (χ0v) is 19.4. The molecule has 0 aromatic heterocycles. The monoisotopic (exact) mass is 470 g/mol. The van der Waals surface area contributed by atoms with Gasteiger partial charge < -0.3 is 9.47 Å². The Hall–Kier alpha value is -4.02. The van der Waals surface area contributed by atoms with Crippen LogP contribution in [0.3, 0.4) is 0 Å². The number of imide groups is 1. The van der Waals surface area contributed by atoms with E-state index in [4.69, 9.17) is 9.47 Å². The second-order valence-corrected chi connectivity index (χ2v) is 8.58. The molecule has 0 N–H and O–H groups in total. The van der Waals surface area contributed by atoms with Crippen LogP contribution < -0.4 is 9.47 Å². The first-order valence-corrected chi connectivity index (χ1v) is 11.5. The molecule has 34 heavy (non-hydrogen) atoms.